The summed E-state index contributed by atoms with van der Waals surface area (Å²) in [4.78, 5) is 48.7. The van der Waals surface area contributed by atoms with E-state index in [1.807, 2.05) is 0 Å². The third-order valence-corrected chi connectivity index (χ3v) is 5.90. The van der Waals surface area contributed by atoms with Crippen molar-refractivity contribution in [1.29, 1.82) is 0 Å². The molecule has 1 aromatic carbocycles. The summed E-state index contributed by atoms with van der Waals surface area (Å²) in [6.45, 7) is 3.82. The van der Waals surface area contributed by atoms with Crippen molar-refractivity contribution in [1.82, 2.24) is 15.8 Å². The number of carbonyl (C=O) groups excluding carboxylic acids is 4. The number of carbonyl (C=O) groups is 4. The molecule has 0 aromatic heterocycles. The highest BCUT2D eigenvalue weighted by Crippen LogP contribution is 2.35. The highest BCUT2D eigenvalue weighted by atomic mass is 16.5. The van der Waals surface area contributed by atoms with Crippen LogP contribution in [0.1, 0.15) is 62.7 Å². The van der Waals surface area contributed by atoms with Crippen molar-refractivity contribution >= 4 is 23.6 Å². The number of methoxy groups -OCH3 is 1. The van der Waals surface area contributed by atoms with Crippen LogP contribution in [0.25, 0.3) is 0 Å². The van der Waals surface area contributed by atoms with Gasteiger partial charge in [-0.25, -0.2) is 4.79 Å². The van der Waals surface area contributed by atoms with Crippen LogP contribution in [0.3, 0.4) is 0 Å². The van der Waals surface area contributed by atoms with E-state index in [1.165, 1.54) is 14.0 Å². The van der Waals surface area contributed by atoms with Crippen LogP contribution in [0.5, 0.6) is 11.5 Å². The number of nitrogens with zero attached hydrogens (tertiary/aromatic N) is 1. The molecule has 2 N–H and O–H groups in total. The van der Waals surface area contributed by atoms with Gasteiger partial charge in [-0.1, -0.05) is 6.92 Å². The number of Topliss-reactive ketones (excluding diaryl/α,β-unsaturated/α-hetero) is 1. The van der Waals surface area contributed by atoms with Crippen molar-refractivity contribution in [3.63, 3.8) is 0 Å². The fourth-order valence-electron chi connectivity index (χ4n) is 3.92. The van der Waals surface area contributed by atoms with Crippen LogP contribution in [-0.2, 0) is 9.59 Å². The Labute approximate surface area is 181 Å². The Hall–Kier alpha value is -3.10. The van der Waals surface area contributed by atoms with E-state index in [9.17, 15) is 19.2 Å². The number of amides is 4. The number of urea groups is 1. The molecule has 1 aromatic rings. The van der Waals surface area contributed by atoms with Crippen molar-refractivity contribution < 1.29 is 28.7 Å². The van der Waals surface area contributed by atoms with Crippen LogP contribution in [0.4, 0.5) is 4.79 Å². The molecule has 0 atom stereocenters. The van der Waals surface area contributed by atoms with Gasteiger partial charge in [0.1, 0.15) is 5.54 Å². The van der Waals surface area contributed by atoms with Crippen molar-refractivity contribution in [2.75, 3.05) is 13.7 Å². The summed E-state index contributed by atoms with van der Waals surface area (Å²) in [5.74, 6) is 0.526. The second-order valence-electron chi connectivity index (χ2n) is 8.24. The number of imide groups is 1. The third-order valence-electron chi connectivity index (χ3n) is 5.90. The molecular formula is C22H29N3O6. The van der Waals surface area contributed by atoms with Gasteiger partial charge in [-0.05, 0) is 63.1 Å². The van der Waals surface area contributed by atoms with Crippen LogP contribution in [0.15, 0.2) is 18.2 Å². The molecule has 168 valence electrons. The minimum atomic E-state index is -0.886. The lowest BCUT2D eigenvalue weighted by Gasteiger charge is -2.33. The molecule has 1 saturated heterocycles. The first-order chi connectivity index (χ1) is 14.8. The quantitative estimate of drug-likeness (QED) is 0.372. The molecule has 2 fully saturated rings. The van der Waals surface area contributed by atoms with E-state index >= 15 is 0 Å². The summed E-state index contributed by atoms with van der Waals surface area (Å²) in [7, 11) is 1.48. The normalized spacial score (nSPS) is 22.9. The smallest absolute Gasteiger partial charge is 0.344 e. The predicted octanol–water partition coefficient (Wildman–Crippen LogP) is 2.59. The number of nitrogens with one attached hydrogen (secondary N) is 2. The highest BCUT2D eigenvalue weighted by Gasteiger charge is 2.52. The number of benzene rings is 1. The van der Waals surface area contributed by atoms with E-state index in [0.717, 1.165) is 17.9 Å². The van der Waals surface area contributed by atoms with Crippen molar-refractivity contribution in [3.8, 4) is 11.5 Å². The molecule has 1 aliphatic heterocycles. The monoisotopic (exact) mass is 431 g/mol. The third kappa shape index (κ3) is 4.98. The predicted molar refractivity (Wildman–Crippen MR) is 112 cm³/mol. The van der Waals surface area contributed by atoms with Crippen molar-refractivity contribution in [2.45, 2.75) is 57.9 Å². The summed E-state index contributed by atoms with van der Waals surface area (Å²) in [5.41, 5.74) is 2.05. The number of rotatable bonds is 8. The average Bonchev–Trinajstić information content (AvgIpc) is 2.97. The highest BCUT2D eigenvalue weighted by molar-refractivity contribution is 6.08. The molecule has 1 aliphatic carbocycles. The summed E-state index contributed by atoms with van der Waals surface area (Å²) in [6, 6.07) is 4.31. The van der Waals surface area contributed by atoms with E-state index in [0.29, 0.717) is 42.2 Å². The van der Waals surface area contributed by atoms with Gasteiger partial charge >= 0.3 is 6.03 Å². The first-order valence-electron chi connectivity index (χ1n) is 10.5. The Morgan fingerprint density at radius 3 is 2.58 bits per heavy atom. The largest absolute Gasteiger partial charge is 0.493 e. The SMILES string of the molecule is COc1cc(C(C)=O)ccc1OCCCC(=O)NN1C(=O)NC2(CCC(C)CC2)C1=O. The number of hydrogen-bond donors (Lipinski definition) is 2. The fourth-order valence-corrected chi connectivity index (χ4v) is 3.92. The van der Waals surface area contributed by atoms with Crippen molar-refractivity contribution in [2.24, 2.45) is 5.92 Å². The Kier molecular flexibility index (Phi) is 6.82. The Morgan fingerprint density at radius 1 is 1.23 bits per heavy atom. The molecule has 0 radical (unpaired) electrons. The molecule has 4 amide bonds. The van der Waals surface area contributed by atoms with Crippen LogP contribution in [-0.4, -0.2) is 47.9 Å². The fraction of sp³-hybridized carbons (Fsp3) is 0.545. The molecule has 1 heterocycles. The van der Waals surface area contributed by atoms with Gasteiger partial charge in [0, 0.05) is 12.0 Å². The Bertz CT molecular complexity index is 876. The van der Waals surface area contributed by atoms with Gasteiger partial charge in [-0.3, -0.25) is 19.8 Å². The maximum atomic E-state index is 12.8. The lowest BCUT2D eigenvalue weighted by atomic mass is 9.77. The van der Waals surface area contributed by atoms with Gasteiger partial charge < -0.3 is 14.8 Å². The van der Waals surface area contributed by atoms with E-state index in [4.69, 9.17) is 9.47 Å². The molecule has 9 heteroatoms. The first kappa shape index (κ1) is 22.6. The topological polar surface area (TPSA) is 114 Å². The molecule has 1 saturated carbocycles. The maximum Gasteiger partial charge on any atom is 0.344 e. The Morgan fingerprint density at radius 2 is 1.94 bits per heavy atom. The summed E-state index contributed by atoms with van der Waals surface area (Å²) in [5, 5.41) is 3.58. The molecule has 2 aliphatic rings. The van der Waals surface area contributed by atoms with Crippen LogP contribution < -0.4 is 20.2 Å². The molecule has 9 nitrogen and oxygen atoms in total. The van der Waals surface area contributed by atoms with Crippen molar-refractivity contribution in [3.05, 3.63) is 23.8 Å². The Balaban J connectivity index is 1.47. The second kappa shape index (κ2) is 9.36. The summed E-state index contributed by atoms with van der Waals surface area (Å²) >= 11 is 0. The minimum Gasteiger partial charge on any atom is -0.493 e. The molecule has 1 spiro atoms. The number of ketones is 1. The van der Waals surface area contributed by atoms with E-state index in [2.05, 4.69) is 17.7 Å². The molecule has 31 heavy (non-hydrogen) atoms. The van der Waals surface area contributed by atoms with Crippen LogP contribution >= 0.6 is 0 Å². The van der Waals surface area contributed by atoms with Gasteiger partial charge in [0.2, 0.25) is 5.91 Å². The van der Waals surface area contributed by atoms with E-state index in [-0.39, 0.29) is 24.7 Å². The van der Waals surface area contributed by atoms with Gasteiger partial charge in [0.15, 0.2) is 17.3 Å². The number of ether oxygens (including phenoxy) is 2. The number of hydrogen-bond acceptors (Lipinski definition) is 6. The van der Waals surface area contributed by atoms with Crippen LogP contribution in [0.2, 0.25) is 0 Å². The maximum absolute atomic E-state index is 12.8. The lowest BCUT2D eigenvalue weighted by Crippen LogP contribution is -2.51. The minimum absolute atomic E-state index is 0.0773. The average molecular weight is 431 g/mol. The zero-order chi connectivity index (χ0) is 22.6. The van der Waals surface area contributed by atoms with E-state index in [1.54, 1.807) is 18.2 Å². The van der Waals surface area contributed by atoms with Gasteiger partial charge in [0.25, 0.3) is 5.91 Å². The van der Waals surface area contributed by atoms with E-state index < -0.39 is 17.5 Å². The molecule has 0 unspecified atom stereocenters. The van der Waals surface area contributed by atoms with Crippen LogP contribution in [0, 0.1) is 5.92 Å². The zero-order valence-corrected chi connectivity index (χ0v) is 18.2. The zero-order valence-electron chi connectivity index (χ0n) is 18.2. The summed E-state index contributed by atoms with van der Waals surface area (Å²) in [6.07, 6.45) is 3.35. The molecule has 0 bridgehead atoms. The molecule has 3 rings (SSSR count). The molecular weight excluding hydrogens is 402 g/mol. The lowest BCUT2D eigenvalue weighted by molar-refractivity contribution is -0.140. The summed E-state index contributed by atoms with van der Waals surface area (Å²) < 4.78 is 10.9. The first-order valence-corrected chi connectivity index (χ1v) is 10.5. The second-order valence-corrected chi connectivity index (χ2v) is 8.24. The standard InChI is InChI=1S/C22H29N3O6/c1-14-8-10-22(11-9-14)20(28)25(21(29)23-22)24-19(27)5-4-12-31-17-7-6-16(15(2)26)13-18(17)30-3/h6-7,13-14H,4-5,8-12H2,1-3H3,(H,23,29)(H,24,27). The van der Waals surface area contributed by atoms with Gasteiger partial charge in [-0.15, -0.1) is 0 Å². The number of hydrazine groups is 1. The van der Waals surface area contributed by atoms with Gasteiger partial charge in [0.05, 0.1) is 13.7 Å². The van der Waals surface area contributed by atoms with Gasteiger partial charge in [-0.2, -0.15) is 5.01 Å².